The van der Waals surface area contributed by atoms with Gasteiger partial charge in [0.25, 0.3) is 0 Å². The third-order valence-electron chi connectivity index (χ3n) is 5.50. The zero-order chi connectivity index (χ0) is 23.4. The molecule has 0 aliphatic rings. The second-order valence-corrected chi connectivity index (χ2v) is 7.81. The number of nitrogens with one attached hydrogen (secondary N) is 1. The molecule has 8 nitrogen and oxygen atoms in total. The highest BCUT2D eigenvalue weighted by molar-refractivity contribution is 5.80. The zero-order valence-electron chi connectivity index (χ0n) is 18.6. The molecule has 0 amide bonds. The summed E-state index contributed by atoms with van der Waals surface area (Å²) in [7, 11) is 0. The molecule has 0 radical (unpaired) electrons. The molecule has 2 aromatic carbocycles. The van der Waals surface area contributed by atoms with E-state index in [2.05, 4.69) is 20.6 Å². The topological polar surface area (TPSA) is 98.5 Å². The number of H-pyrrole nitrogens is 1. The van der Waals surface area contributed by atoms with Crippen LogP contribution in [0.1, 0.15) is 49.2 Å². The summed E-state index contributed by atoms with van der Waals surface area (Å²) >= 11 is 0. The van der Waals surface area contributed by atoms with Gasteiger partial charge in [-0.25, -0.2) is 9.36 Å². The number of carbonyl (C=O) groups excluding carboxylic acids is 1. The molecular weight excluding hydrogens is 423 g/mol. The SMILES string of the molecule is CCCC(=O)n1c(F)c(CCC)n(Cc2ccc(-c3ccccc3-c3nn[nH]n3)cc2)c1=O. The van der Waals surface area contributed by atoms with Gasteiger partial charge in [0.05, 0.1) is 12.2 Å². The number of tetrazole rings is 1. The molecule has 0 bridgehead atoms. The van der Waals surface area contributed by atoms with Crippen molar-refractivity contribution in [2.45, 2.75) is 46.1 Å². The van der Waals surface area contributed by atoms with Gasteiger partial charge in [0.2, 0.25) is 17.7 Å². The summed E-state index contributed by atoms with van der Waals surface area (Å²) in [5.41, 5.74) is 3.20. The van der Waals surface area contributed by atoms with E-state index >= 15 is 0 Å². The third-order valence-corrected chi connectivity index (χ3v) is 5.50. The van der Waals surface area contributed by atoms with Gasteiger partial charge >= 0.3 is 5.69 Å². The summed E-state index contributed by atoms with van der Waals surface area (Å²) < 4.78 is 17.0. The molecule has 170 valence electrons. The van der Waals surface area contributed by atoms with Crippen LogP contribution in [-0.2, 0) is 13.0 Å². The minimum atomic E-state index is -0.744. The number of hydrogen-bond donors (Lipinski definition) is 1. The molecule has 0 aliphatic heterocycles. The molecule has 0 spiro atoms. The molecule has 0 saturated carbocycles. The molecule has 2 heterocycles. The van der Waals surface area contributed by atoms with E-state index in [1.54, 1.807) is 0 Å². The summed E-state index contributed by atoms with van der Waals surface area (Å²) in [6.07, 6.45) is 1.71. The Morgan fingerprint density at radius 1 is 1.03 bits per heavy atom. The van der Waals surface area contributed by atoms with E-state index in [4.69, 9.17) is 0 Å². The van der Waals surface area contributed by atoms with Crippen molar-refractivity contribution in [1.29, 1.82) is 0 Å². The van der Waals surface area contributed by atoms with Crippen molar-refractivity contribution >= 4 is 5.91 Å². The Balaban J connectivity index is 1.67. The molecule has 0 saturated heterocycles. The van der Waals surface area contributed by atoms with Crippen LogP contribution in [0.2, 0.25) is 0 Å². The summed E-state index contributed by atoms with van der Waals surface area (Å²) in [6, 6.07) is 15.4. The molecule has 9 heteroatoms. The second kappa shape index (κ2) is 9.72. The molecule has 2 aromatic heterocycles. The van der Waals surface area contributed by atoms with Crippen LogP contribution < -0.4 is 5.69 Å². The number of imidazole rings is 1. The summed E-state index contributed by atoms with van der Waals surface area (Å²) in [4.78, 5) is 25.2. The first-order valence-corrected chi connectivity index (χ1v) is 11.0. The van der Waals surface area contributed by atoms with Gasteiger partial charge in [-0.3, -0.25) is 9.36 Å². The van der Waals surface area contributed by atoms with Crippen LogP contribution >= 0.6 is 0 Å². The standard InChI is InChI=1S/C24H25FN6O2/c1-3-7-20-22(25)31(21(32)8-4-2)24(33)30(20)15-16-11-13-17(14-12-16)18-9-5-6-10-19(18)23-26-28-29-27-23/h5-6,9-14H,3-4,7-8,15H2,1-2H3,(H,26,27,28,29). The van der Waals surface area contributed by atoms with Crippen LogP contribution in [0, 0.1) is 5.95 Å². The highest BCUT2D eigenvalue weighted by Crippen LogP contribution is 2.29. The molecule has 0 unspecified atom stereocenters. The second-order valence-electron chi connectivity index (χ2n) is 7.81. The Kier molecular flexibility index (Phi) is 6.58. The van der Waals surface area contributed by atoms with Crippen LogP contribution in [0.25, 0.3) is 22.5 Å². The highest BCUT2D eigenvalue weighted by Gasteiger charge is 2.23. The third kappa shape index (κ3) is 4.39. The van der Waals surface area contributed by atoms with Crippen molar-refractivity contribution in [2.24, 2.45) is 0 Å². The lowest BCUT2D eigenvalue weighted by atomic mass is 9.98. The lowest BCUT2D eigenvalue weighted by molar-refractivity contribution is 0.0883. The summed E-state index contributed by atoms with van der Waals surface area (Å²) in [6.45, 7) is 3.92. The van der Waals surface area contributed by atoms with Gasteiger partial charge in [-0.15, -0.1) is 10.2 Å². The number of aromatic nitrogens is 6. The molecular formula is C24H25FN6O2. The highest BCUT2D eigenvalue weighted by atomic mass is 19.1. The lowest BCUT2D eigenvalue weighted by Crippen LogP contribution is -2.30. The number of carbonyl (C=O) groups is 1. The Bertz CT molecular complexity index is 1310. The summed E-state index contributed by atoms with van der Waals surface area (Å²) in [5, 5.41) is 14.2. The van der Waals surface area contributed by atoms with Gasteiger partial charge in [-0.1, -0.05) is 68.8 Å². The smallest absolute Gasteiger partial charge is 0.288 e. The van der Waals surface area contributed by atoms with Crippen molar-refractivity contribution in [3.8, 4) is 22.5 Å². The minimum absolute atomic E-state index is 0.126. The number of hydrogen-bond acceptors (Lipinski definition) is 5. The van der Waals surface area contributed by atoms with Crippen LogP contribution in [0.5, 0.6) is 0 Å². The van der Waals surface area contributed by atoms with Crippen molar-refractivity contribution in [3.63, 3.8) is 0 Å². The molecule has 4 aromatic rings. The maximum absolute atomic E-state index is 15.0. The number of benzene rings is 2. The fourth-order valence-corrected chi connectivity index (χ4v) is 3.92. The van der Waals surface area contributed by atoms with Crippen LogP contribution in [-0.4, -0.2) is 35.7 Å². The predicted molar refractivity (Wildman–Crippen MR) is 122 cm³/mol. The maximum Gasteiger partial charge on any atom is 0.337 e. The van der Waals surface area contributed by atoms with Crippen molar-refractivity contribution < 1.29 is 9.18 Å². The van der Waals surface area contributed by atoms with Crippen molar-refractivity contribution in [1.82, 2.24) is 29.8 Å². The van der Waals surface area contributed by atoms with E-state index in [0.29, 0.717) is 29.7 Å². The first kappa shape index (κ1) is 22.3. The minimum Gasteiger partial charge on any atom is -0.288 e. The van der Waals surface area contributed by atoms with E-state index in [-0.39, 0.29) is 18.7 Å². The van der Waals surface area contributed by atoms with E-state index in [9.17, 15) is 14.0 Å². The van der Waals surface area contributed by atoms with E-state index in [1.807, 2.05) is 62.4 Å². The maximum atomic E-state index is 15.0. The number of nitrogens with zero attached hydrogens (tertiary/aromatic N) is 5. The first-order chi connectivity index (χ1) is 16.0. The average molecular weight is 449 g/mol. The van der Waals surface area contributed by atoms with Gasteiger partial charge in [-0.2, -0.15) is 9.60 Å². The average Bonchev–Trinajstić information content (AvgIpc) is 3.43. The molecule has 0 fully saturated rings. The Hall–Kier alpha value is -3.88. The van der Waals surface area contributed by atoms with Crippen LogP contribution in [0.3, 0.4) is 0 Å². The molecule has 0 atom stereocenters. The molecule has 0 aliphatic carbocycles. The normalized spacial score (nSPS) is 11.1. The Labute approximate surface area is 190 Å². The van der Waals surface area contributed by atoms with Gasteiger partial charge < -0.3 is 0 Å². The first-order valence-electron chi connectivity index (χ1n) is 11.0. The van der Waals surface area contributed by atoms with E-state index in [0.717, 1.165) is 22.3 Å². The lowest BCUT2D eigenvalue weighted by Gasteiger charge is -2.10. The zero-order valence-corrected chi connectivity index (χ0v) is 18.6. The largest absolute Gasteiger partial charge is 0.337 e. The van der Waals surface area contributed by atoms with E-state index < -0.39 is 17.5 Å². The van der Waals surface area contributed by atoms with Crippen molar-refractivity contribution in [3.05, 3.63) is 76.2 Å². The van der Waals surface area contributed by atoms with Gasteiger partial charge in [0.1, 0.15) is 0 Å². The fraction of sp³-hybridized carbons (Fsp3) is 0.292. The van der Waals surface area contributed by atoms with Crippen molar-refractivity contribution in [2.75, 3.05) is 0 Å². The quantitative estimate of drug-likeness (QED) is 0.438. The summed E-state index contributed by atoms with van der Waals surface area (Å²) in [5.74, 6) is -0.755. The molecule has 33 heavy (non-hydrogen) atoms. The number of rotatable bonds is 8. The Morgan fingerprint density at radius 2 is 1.76 bits per heavy atom. The van der Waals surface area contributed by atoms with Gasteiger partial charge in [-0.05, 0) is 34.7 Å². The molecule has 4 rings (SSSR count). The number of halogens is 1. The Morgan fingerprint density at radius 3 is 2.39 bits per heavy atom. The fourth-order valence-electron chi connectivity index (χ4n) is 3.92. The van der Waals surface area contributed by atoms with Gasteiger partial charge in [0, 0.05) is 12.0 Å². The number of aromatic amines is 1. The van der Waals surface area contributed by atoms with Crippen LogP contribution in [0.4, 0.5) is 4.39 Å². The van der Waals surface area contributed by atoms with Crippen LogP contribution in [0.15, 0.2) is 53.3 Å². The van der Waals surface area contributed by atoms with E-state index in [1.165, 1.54) is 4.57 Å². The molecule has 1 N–H and O–H groups in total. The van der Waals surface area contributed by atoms with Gasteiger partial charge in [0.15, 0.2) is 0 Å². The predicted octanol–water partition coefficient (Wildman–Crippen LogP) is 4.08. The monoisotopic (exact) mass is 448 g/mol.